The second-order valence-electron chi connectivity index (χ2n) is 4.91. The molecule has 0 saturated heterocycles. The van der Waals surface area contributed by atoms with Crippen LogP contribution in [0, 0.1) is 26.1 Å². The van der Waals surface area contributed by atoms with E-state index in [1.807, 2.05) is 0 Å². The van der Waals surface area contributed by atoms with E-state index in [-0.39, 0.29) is 23.1 Å². The van der Waals surface area contributed by atoms with Crippen LogP contribution in [-0.2, 0) is 4.79 Å². The number of rotatable bonds is 5. The van der Waals surface area contributed by atoms with Crippen LogP contribution in [0.1, 0.15) is 19.3 Å². The fourth-order valence-corrected chi connectivity index (χ4v) is 2.46. The first-order valence-corrected chi connectivity index (χ1v) is 6.30. The number of nitrogens with one attached hydrogen (secondary N) is 1. The fraction of sp³-hybridized carbons (Fsp3) is 0.417. The van der Waals surface area contributed by atoms with Crippen LogP contribution in [-0.4, -0.2) is 27.0 Å². The monoisotopic (exact) mass is 295 g/mol. The Morgan fingerprint density at radius 3 is 2.48 bits per heavy atom. The van der Waals surface area contributed by atoms with Crippen molar-refractivity contribution >= 4 is 23.0 Å². The number of nitro groups is 2. The SMILES string of the molecule is O=C(O)[C@@H]1CC[C@H](Nc2ccc([N+](=O)[O-])cc2[N+](=O)[O-])C1. The van der Waals surface area contributed by atoms with Gasteiger partial charge in [0.2, 0.25) is 0 Å². The summed E-state index contributed by atoms with van der Waals surface area (Å²) in [6.07, 6.45) is 1.47. The summed E-state index contributed by atoms with van der Waals surface area (Å²) in [4.78, 5) is 31.1. The zero-order valence-electron chi connectivity index (χ0n) is 10.9. The molecule has 0 heterocycles. The number of carbonyl (C=O) groups is 1. The fourth-order valence-electron chi connectivity index (χ4n) is 2.46. The van der Waals surface area contributed by atoms with Crippen LogP contribution < -0.4 is 5.32 Å². The summed E-state index contributed by atoms with van der Waals surface area (Å²) in [6, 6.07) is 3.17. The molecule has 0 aliphatic heterocycles. The van der Waals surface area contributed by atoms with Crippen molar-refractivity contribution < 1.29 is 19.7 Å². The molecule has 1 saturated carbocycles. The number of anilines is 1. The molecule has 0 spiro atoms. The van der Waals surface area contributed by atoms with Crippen LogP contribution in [0.2, 0.25) is 0 Å². The number of benzene rings is 1. The number of carboxylic acid groups (broad SMARTS) is 1. The van der Waals surface area contributed by atoms with E-state index in [4.69, 9.17) is 5.11 Å². The molecule has 0 aromatic heterocycles. The van der Waals surface area contributed by atoms with Gasteiger partial charge in [0.15, 0.2) is 0 Å². The lowest BCUT2D eigenvalue weighted by atomic mass is 10.1. The summed E-state index contributed by atoms with van der Waals surface area (Å²) in [6.45, 7) is 0. The summed E-state index contributed by atoms with van der Waals surface area (Å²) >= 11 is 0. The Kier molecular flexibility index (Phi) is 4.01. The minimum absolute atomic E-state index is 0.168. The van der Waals surface area contributed by atoms with Crippen molar-refractivity contribution in [1.29, 1.82) is 0 Å². The summed E-state index contributed by atoms with van der Waals surface area (Å²) < 4.78 is 0. The van der Waals surface area contributed by atoms with Crippen LogP contribution in [0.5, 0.6) is 0 Å². The van der Waals surface area contributed by atoms with Gasteiger partial charge in [-0.15, -0.1) is 0 Å². The lowest BCUT2D eigenvalue weighted by molar-refractivity contribution is -0.393. The van der Waals surface area contributed by atoms with Gasteiger partial charge in [0.05, 0.1) is 21.8 Å². The van der Waals surface area contributed by atoms with Gasteiger partial charge in [-0.05, 0) is 25.3 Å². The van der Waals surface area contributed by atoms with Crippen molar-refractivity contribution in [1.82, 2.24) is 0 Å². The Balaban J connectivity index is 2.18. The predicted molar refractivity (Wildman–Crippen MR) is 72.1 cm³/mol. The minimum Gasteiger partial charge on any atom is -0.481 e. The van der Waals surface area contributed by atoms with E-state index in [9.17, 15) is 25.0 Å². The van der Waals surface area contributed by atoms with E-state index >= 15 is 0 Å². The quantitative estimate of drug-likeness (QED) is 0.627. The zero-order chi connectivity index (χ0) is 15.6. The normalized spacial score (nSPS) is 21.0. The molecular formula is C12H13N3O6. The van der Waals surface area contributed by atoms with Crippen molar-refractivity contribution in [3.63, 3.8) is 0 Å². The molecule has 0 unspecified atom stereocenters. The highest BCUT2D eigenvalue weighted by atomic mass is 16.6. The third-order valence-corrected chi connectivity index (χ3v) is 3.53. The number of hydrogen-bond acceptors (Lipinski definition) is 6. The third kappa shape index (κ3) is 3.25. The number of nitro benzene ring substituents is 2. The lowest BCUT2D eigenvalue weighted by Crippen LogP contribution is -2.18. The van der Waals surface area contributed by atoms with E-state index < -0.39 is 21.7 Å². The van der Waals surface area contributed by atoms with E-state index in [2.05, 4.69) is 5.32 Å². The highest BCUT2D eigenvalue weighted by molar-refractivity contribution is 5.71. The van der Waals surface area contributed by atoms with Crippen LogP contribution >= 0.6 is 0 Å². The third-order valence-electron chi connectivity index (χ3n) is 3.53. The number of carboxylic acids is 1. The topological polar surface area (TPSA) is 136 Å². The molecule has 2 atom stereocenters. The average molecular weight is 295 g/mol. The maximum Gasteiger partial charge on any atom is 0.306 e. The molecule has 1 fully saturated rings. The Morgan fingerprint density at radius 2 is 1.95 bits per heavy atom. The molecule has 2 N–H and O–H groups in total. The summed E-state index contributed by atoms with van der Waals surface area (Å²) in [7, 11) is 0. The molecule has 1 aromatic rings. The molecule has 1 aliphatic carbocycles. The Morgan fingerprint density at radius 1 is 1.24 bits per heavy atom. The van der Waals surface area contributed by atoms with Crippen molar-refractivity contribution in [3.05, 3.63) is 38.4 Å². The van der Waals surface area contributed by atoms with Gasteiger partial charge in [0, 0.05) is 12.1 Å². The maximum absolute atomic E-state index is 11.0. The predicted octanol–water partition coefficient (Wildman–Crippen LogP) is 2.17. The van der Waals surface area contributed by atoms with Crippen LogP contribution in [0.4, 0.5) is 17.1 Å². The molecule has 2 rings (SSSR count). The molecule has 9 nitrogen and oxygen atoms in total. The first-order chi connectivity index (χ1) is 9.88. The highest BCUT2D eigenvalue weighted by Crippen LogP contribution is 2.33. The van der Waals surface area contributed by atoms with E-state index in [1.165, 1.54) is 12.1 Å². The molecule has 1 aromatic carbocycles. The first-order valence-electron chi connectivity index (χ1n) is 6.30. The Hall–Kier alpha value is -2.71. The summed E-state index contributed by atoms with van der Waals surface area (Å²) in [5.41, 5.74) is -0.577. The molecular weight excluding hydrogens is 282 g/mol. The van der Waals surface area contributed by atoms with Crippen LogP contribution in [0.15, 0.2) is 18.2 Å². The lowest BCUT2D eigenvalue weighted by Gasteiger charge is -2.13. The van der Waals surface area contributed by atoms with Gasteiger partial charge in [0.25, 0.3) is 11.4 Å². The largest absolute Gasteiger partial charge is 0.481 e. The number of aliphatic carboxylic acids is 1. The van der Waals surface area contributed by atoms with E-state index in [1.54, 1.807) is 0 Å². The molecule has 9 heteroatoms. The number of hydrogen-bond donors (Lipinski definition) is 2. The van der Waals surface area contributed by atoms with E-state index in [0.717, 1.165) is 6.07 Å². The van der Waals surface area contributed by atoms with E-state index in [0.29, 0.717) is 19.3 Å². The first kappa shape index (κ1) is 14.7. The van der Waals surface area contributed by atoms with Crippen LogP contribution in [0.3, 0.4) is 0 Å². The minimum atomic E-state index is -0.877. The van der Waals surface area contributed by atoms with Gasteiger partial charge in [-0.3, -0.25) is 25.0 Å². The molecule has 0 bridgehead atoms. The van der Waals surface area contributed by atoms with Gasteiger partial charge >= 0.3 is 5.97 Å². The molecule has 112 valence electrons. The summed E-state index contributed by atoms with van der Waals surface area (Å²) in [5.74, 6) is -1.34. The maximum atomic E-state index is 11.0. The second-order valence-corrected chi connectivity index (χ2v) is 4.91. The molecule has 21 heavy (non-hydrogen) atoms. The Labute approximate surface area is 118 Å². The Bertz CT molecular complexity index is 603. The zero-order valence-corrected chi connectivity index (χ0v) is 10.9. The second kappa shape index (κ2) is 5.73. The van der Waals surface area contributed by atoms with Gasteiger partial charge in [-0.1, -0.05) is 0 Å². The average Bonchev–Trinajstić information content (AvgIpc) is 2.87. The van der Waals surface area contributed by atoms with Gasteiger partial charge in [-0.25, -0.2) is 0 Å². The van der Waals surface area contributed by atoms with Gasteiger partial charge in [0.1, 0.15) is 5.69 Å². The van der Waals surface area contributed by atoms with Gasteiger partial charge < -0.3 is 10.4 Å². The number of nitrogens with zero attached hydrogens (tertiary/aromatic N) is 2. The standard InChI is InChI=1S/C12H13N3O6/c16-12(17)7-1-2-8(5-7)13-10-4-3-9(14(18)19)6-11(10)15(20)21/h3-4,6-8,13H,1-2,5H2,(H,16,17)/t7-,8+/m1/s1. The smallest absolute Gasteiger partial charge is 0.306 e. The van der Waals surface area contributed by atoms with Crippen molar-refractivity contribution in [2.24, 2.45) is 5.92 Å². The molecule has 1 aliphatic rings. The van der Waals surface area contributed by atoms with Crippen molar-refractivity contribution in [3.8, 4) is 0 Å². The highest BCUT2D eigenvalue weighted by Gasteiger charge is 2.31. The van der Waals surface area contributed by atoms with Crippen LogP contribution in [0.25, 0.3) is 0 Å². The molecule has 0 radical (unpaired) electrons. The number of non-ortho nitro benzene ring substituents is 1. The van der Waals surface area contributed by atoms with Crippen molar-refractivity contribution in [2.45, 2.75) is 25.3 Å². The molecule has 0 amide bonds. The summed E-state index contributed by atoms with van der Waals surface area (Å²) in [5, 5.41) is 33.5. The van der Waals surface area contributed by atoms with Crippen molar-refractivity contribution in [2.75, 3.05) is 5.32 Å². The van der Waals surface area contributed by atoms with Gasteiger partial charge in [-0.2, -0.15) is 0 Å².